The Morgan fingerprint density at radius 1 is 1.13 bits per heavy atom. The second-order valence-electron chi connectivity index (χ2n) is 14.5. The third kappa shape index (κ3) is 7.25. The molecular weight excluding hydrogens is 709 g/mol. The minimum absolute atomic E-state index is 0.0359. The summed E-state index contributed by atoms with van der Waals surface area (Å²) >= 11 is 0. The van der Waals surface area contributed by atoms with Gasteiger partial charge in [0.05, 0.1) is 29.2 Å². The summed E-state index contributed by atoms with van der Waals surface area (Å²) < 4.78 is 24.6. The smallest absolute Gasteiger partial charge is 0.294 e. The van der Waals surface area contributed by atoms with E-state index in [0.29, 0.717) is 76.7 Å². The van der Waals surface area contributed by atoms with Crippen LogP contribution in [0.4, 0.5) is 27.5 Å². The van der Waals surface area contributed by atoms with Crippen LogP contribution in [-0.4, -0.2) is 79.8 Å². The van der Waals surface area contributed by atoms with Gasteiger partial charge in [0.2, 0.25) is 17.8 Å². The van der Waals surface area contributed by atoms with E-state index in [1.54, 1.807) is 37.6 Å². The molecule has 1 unspecified atom stereocenters. The van der Waals surface area contributed by atoms with Crippen LogP contribution in [0.2, 0.25) is 0 Å². The first-order chi connectivity index (χ1) is 26.3. The Bertz CT molecular complexity index is 2390. The first-order valence-corrected chi connectivity index (χ1v) is 18.3. The number of rotatable bonds is 10. The van der Waals surface area contributed by atoms with Gasteiger partial charge in [-0.25, -0.2) is 14.4 Å². The van der Waals surface area contributed by atoms with Gasteiger partial charge in [-0.1, -0.05) is 6.92 Å². The second kappa shape index (κ2) is 14.9. The topological polar surface area (TPSA) is 190 Å². The lowest BCUT2D eigenvalue weighted by molar-refractivity contribution is -0.134. The van der Waals surface area contributed by atoms with Gasteiger partial charge in [-0.3, -0.25) is 33.7 Å². The zero-order valence-electron chi connectivity index (χ0n) is 31.6. The van der Waals surface area contributed by atoms with Gasteiger partial charge < -0.3 is 25.6 Å². The average Bonchev–Trinajstić information content (AvgIpc) is 3.49. The van der Waals surface area contributed by atoms with Crippen LogP contribution in [-0.2, 0) is 21.4 Å². The molecule has 0 aliphatic carbocycles. The van der Waals surface area contributed by atoms with Crippen LogP contribution in [0.25, 0.3) is 21.9 Å². The van der Waals surface area contributed by atoms with E-state index < -0.39 is 17.6 Å². The van der Waals surface area contributed by atoms with E-state index in [4.69, 9.17) is 9.72 Å². The molecule has 288 valence electrons. The van der Waals surface area contributed by atoms with Crippen molar-refractivity contribution in [1.82, 2.24) is 39.9 Å². The second-order valence-corrected chi connectivity index (χ2v) is 14.5. The predicted molar refractivity (Wildman–Crippen MR) is 205 cm³/mol. The van der Waals surface area contributed by atoms with Crippen LogP contribution in [0.3, 0.4) is 0 Å². The average molecular weight is 754 g/mol. The number of hydrogen-bond acceptors (Lipinski definition) is 12. The molecule has 0 bridgehead atoms. The number of imide groups is 1. The number of carbonyl (C=O) groups is 3. The number of aromatic nitrogens is 6. The molecule has 3 amide bonds. The number of anilines is 4. The van der Waals surface area contributed by atoms with Crippen LogP contribution in [0.1, 0.15) is 63.3 Å². The molecule has 0 saturated carbocycles. The fourth-order valence-corrected chi connectivity index (χ4v) is 7.33. The first kappa shape index (κ1) is 37.2. The number of aryl methyl sites for hydroxylation is 2. The fraction of sp³-hybridized carbons (Fsp3) is 0.421. The Kier molecular flexibility index (Phi) is 10.1. The van der Waals surface area contributed by atoms with Crippen molar-refractivity contribution < 1.29 is 23.5 Å². The quantitative estimate of drug-likeness (QED) is 0.151. The number of ether oxygens (including phenoxy) is 1. The van der Waals surface area contributed by atoms with Crippen molar-refractivity contribution in [3.05, 3.63) is 64.1 Å². The molecule has 2 aliphatic rings. The predicted octanol–water partition coefficient (Wildman–Crippen LogP) is 3.82. The third-order valence-corrected chi connectivity index (χ3v) is 10.3. The highest BCUT2D eigenvalue weighted by Crippen LogP contribution is 2.35. The van der Waals surface area contributed by atoms with E-state index in [2.05, 4.69) is 48.2 Å². The molecular formula is C38H44FN11O5. The van der Waals surface area contributed by atoms with E-state index in [0.717, 1.165) is 5.56 Å². The number of fused-ring (bicyclic) bond motifs is 2. The first-order valence-electron chi connectivity index (χ1n) is 18.3. The Labute approximate surface area is 315 Å². The van der Waals surface area contributed by atoms with Gasteiger partial charge in [0.1, 0.15) is 17.0 Å². The normalized spacial score (nSPS) is 18.8. The Morgan fingerprint density at radius 3 is 2.65 bits per heavy atom. The largest absolute Gasteiger partial charge is 0.478 e. The number of pyridine rings is 2. The molecule has 17 heteroatoms. The summed E-state index contributed by atoms with van der Waals surface area (Å²) in [5.74, 6) is -0.846. The molecule has 6 heterocycles. The number of benzene rings is 1. The number of nitrogens with zero attached hydrogens (tertiary/aromatic N) is 7. The molecule has 16 nitrogen and oxygen atoms in total. The highest BCUT2D eigenvalue weighted by atomic mass is 19.1. The van der Waals surface area contributed by atoms with Gasteiger partial charge in [0.25, 0.3) is 11.5 Å². The van der Waals surface area contributed by atoms with Crippen molar-refractivity contribution in [3.8, 4) is 5.75 Å². The molecule has 2 fully saturated rings. The Morgan fingerprint density at radius 2 is 1.93 bits per heavy atom. The van der Waals surface area contributed by atoms with Crippen LogP contribution >= 0.6 is 0 Å². The summed E-state index contributed by atoms with van der Waals surface area (Å²) in [4.78, 5) is 65.5. The number of nitrogens with one attached hydrogen (secondary N) is 4. The van der Waals surface area contributed by atoms with E-state index in [9.17, 15) is 19.2 Å². The van der Waals surface area contributed by atoms with Crippen LogP contribution < -0.4 is 36.5 Å². The molecule has 55 heavy (non-hydrogen) atoms. The molecule has 1 aromatic carbocycles. The van der Waals surface area contributed by atoms with Gasteiger partial charge in [0.15, 0.2) is 18.2 Å². The molecule has 4 aromatic heterocycles. The van der Waals surface area contributed by atoms with Crippen molar-refractivity contribution in [2.24, 2.45) is 13.0 Å². The number of hydrogen-bond donors (Lipinski definition) is 4. The van der Waals surface area contributed by atoms with Crippen LogP contribution in [0, 0.1) is 18.7 Å². The van der Waals surface area contributed by atoms with Crippen molar-refractivity contribution in [2.45, 2.75) is 65.0 Å². The number of halogens is 1. The highest BCUT2D eigenvalue weighted by molar-refractivity contribution is 6.02. The summed E-state index contributed by atoms with van der Waals surface area (Å²) in [5.41, 5.74) is 2.69. The summed E-state index contributed by atoms with van der Waals surface area (Å²) in [6, 6.07) is 6.68. The number of amides is 3. The SMILES string of the molecule is CNC(=O)COc1cc2cc(Nc3nc(N4CC[C@@H](Nc5ccc6c(C7CCC(=O)NC7=O)nn(C)c6c5F)[C@H](C)C4)ncc3C)cnc2n(C(C)C)c1=O. The molecule has 0 radical (unpaired) electrons. The van der Waals surface area contributed by atoms with Crippen LogP contribution in [0.15, 0.2) is 41.5 Å². The maximum Gasteiger partial charge on any atom is 0.294 e. The molecule has 3 atom stereocenters. The zero-order chi connectivity index (χ0) is 39.1. The highest BCUT2D eigenvalue weighted by Gasteiger charge is 2.33. The van der Waals surface area contributed by atoms with E-state index in [1.807, 2.05) is 26.8 Å². The van der Waals surface area contributed by atoms with Gasteiger partial charge in [-0.2, -0.15) is 10.1 Å². The number of likely N-dealkylation sites (N-methyl/N-ethyl adjacent to an activating group) is 1. The van der Waals surface area contributed by atoms with E-state index in [1.165, 1.54) is 16.3 Å². The van der Waals surface area contributed by atoms with Gasteiger partial charge >= 0.3 is 0 Å². The monoisotopic (exact) mass is 753 g/mol. The fourth-order valence-electron chi connectivity index (χ4n) is 7.33. The molecule has 4 N–H and O–H groups in total. The number of piperidine rings is 2. The van der Waals surface area contributed by atoms with Gasteiger partial charge in [0, 0.05) is 68.2 Å². The van der Waals surface area contributed by atoms with Crippen molar-refractivity contribution in [2.75, 3.05) is 42.3 Å². The van der Waals surface area contributed by atoms with Crippen LogP contribution in [0.5, 0.6) is 5.75 Å². The van der Waals surface area contributed by atoms with Gasteiger partial charge in [-0.05, 0) is 63.8 Å². The minimum atomic E-state index is -0.617. The maximum atomic E-state index is 16.1. The minimum Gasteiger partial charge on any atom is -0.478 e. The zero-order valence-corrected chi connectivity index (χ0v) is 31.6. The maximum absolute atomic E-state index is 16.1. The summed E-state index contributed by atoms with van der Waals surface area (Å²) in [7, 11) is 3.15. The Balaban J connectivity index is 1.06. The van der Waals surface area contributed by atoms with Gasteiger partial charge in [-0.15, -0.1) is 0 Å². The standard InChI is InChI=1S/C38H44FN11O5/c1-19(2)50-35-22(14-28(37(50)54)55-18-30(52)40-5)13-23(16-41-35)43-34-20(3)15-42-38(46-34)49-12-11-26(21(4)17-49)44-27-9-7-24-32(47-48(6)33(24)31(27)39)25-8-10-29(51)45-36(25)53/h7,9,13-16,19,21,25-26,44H,8,10-12,17-18H2,1-6H3,(H,40,52)(H,42,43,46)(H,45,51,53)/t21-,25?,26-/m1/s1. The van der Waals surface area contributed by atoms with Crippen molar-refractivity contribution >= 4 is 62.8 Å². The number of carbonyl (C=O) groups excluding carboxylic acids is 3. The molecule has 7 rings (SSSR count). The van der Waals surface area contributed by atoms with E-state index >= 15 is 4.39 Å². The van der Waals surface area contributed by atoms with Crippen molar-refractivity contribution in [1.29, 1.82) is 0 Å². The lowest BCUT2D eigenvalue weighted by Gasteiger charge is -2.38. The third-order valence-electron chi connectivity index (χ3n) is 10.3. The molecule has 0 spiro atoms. The van der Waals surface area contributed by atoms with Crippen molar-refractivity contribution in [3.63, 3.8) is 0 Å². The summed E-state index contributed by atoms with van der Waals surface area (Å²) in [6.07, 6.45) is 4.65. The molecule has 2 aliphatic heterocycles. The molecule has 5 aromatic rings. The lowest BCUT2D eigenvalue weighted by atomic mass is 9.92. The van der Waals surface area contributed by atoms with E-state index in [-0.39, 0.29) is 54.2 Å². The summed E-state index contributed by atoms with van der Waals surface area (Å²) in [5, 5.41) is 17.3. The molecule has 2 saturated heterocycles. The lowest BCUT2D eigenvalue weighted by Crippen LogP contribution is -2.46. The Hall–Kier alpha value is -6.13. The summed E-state index contributed by atoms with van der Waals surface area (Å²) in [6.45, 7) is 8.73.